The minimum absolute atomic E-state index is 0.600. The van der Waals surface area contributed by atoms with Crippen LogP contribution in [0.1, 0.15) is 12.0 Å². The van der Waals surface area contributed by atoms with Gasteiger partial charge in [-0.15, -0.1) is 0 Å². The Morgan fingerprint density at radius 1 is 1.31 bits per heavy atom. The molecule has 0 N–H and O–H groups in total. The Bertz CT molecular complexity index is 321. The minimum atomic E-state index is 0.600. The molecule has 1 rings (SSSR count). The van der Waals surface area contributed by atoms with E-state index in [2.05, 4.69) is 22.5 Å². The van der Waals surface area contributed by atoms with Crippen molar-refractivity contribution in [1.29, 1.82) is 0 Å². The summed E-state index contributed by atoms with van der Waals surface area (Å²) in [6.07, 6.45) is 1.85. The van der Waals surface area contributed by atoms with Crippen molar-refractivity contribution < 1.29 is 0 Å². The minimum Gasteiger partial charge on any atom is -0.0888 e. The number of benzene rings is 1. The van der Waals surface area contributed by atoms with E-state index in [9.17, 15) is 0 Å². The molecule has 13 heavy (non-hydrogen) atoms. The normalized spacial score (nSPS) is 10.1. The second kappa shape index (κ2) is 5.04. The van der Waals surface area contributed by atoms with E-state index in [1.54, 1.807) is 0 Å². The first kappa shape index (κ1) is 11.1. The predicted molar refractivity (Wildman–Crippen MR) is 62.9 cm³/mol. The first-order valence-corrected chi connectivity index (χ1v) is 5.41. The van der Waals surface area contributed by atoms with Crippen LogP contribution in [0.3, 0.4) is 0 Å². The molecule has 0 radical (unpaired) electrons. The molecule has 0 fully saturated rings. The van der Waals surface area contributed by atoms with Gasteiger partial charge < -0.3 is 0 Å². The van der Waals surface area contributed by atoms with Crippen LogP contribution in [0.25, 0.3) is 0 Å². The van der Waals surface area contributed by atoms with E-state index in [1.165, 1.54) is 5.56 Å². The van der Waals surface area contributed by atoms with Gasteiger partial charge in [-0.1, -0.05) is 51.8 Å². The molecule has 0 aliphatic rings. The van der Waals surface area contributed by atoms with Crippen molar-refractivity contribution in [3.8, 4) is 0 Å². The van der Waals surface area contributed by atoms with Crippen molar-refractivity contribution >= 4 is 39.1 Å². The number of aryl methyl sites for hydroxylation is 1. The van der Waals surface area contributed by atoms with Gasteiger partial charge in [-0.25, -0.2) is 0 Å². The van der Waals surface area contributed by atoms with Crippen molar-refractivity contribution in [3.63, 3.8) is 0 Å². The van der Waals surface area contributed by atoms with E-state index in [4.69, 9.17) is 23.2 Å². The third kappa shape index (κ3) is 3.72. The van der Waals surface area contributed by atoms with E-state index >= 15 is 0 Å². The molecule has 70 valence electrons. The van der Waals surface area contributed by atoms with Gasteiger partial charge in [0.15, 0.2) is 0 Å². The molecule has 0 heterocycles. The lowest BCUT2D eigenvalue weighted by molar-refractivity contribution is 0.996. The molecule has 0 aliphatic carbocycles. The van der Waals surface area contributed by atoms with Crippen LogP contribution in [0.2, 0.25) is 10.0 Å². The summed E-state index contributed by atoms with van der Waals surface area (Å²) >= 11 is 15.0. The number of rotatable bonds is 3. The zero-order chi connectivity index (χ0) is 9.84. The molecule has 0 bridgehead atoms. The van der Waals surface area contributed by atoms with E-state index in [0.29, 0.717) is 10.0 Å². The molecule has 0 saturated heterocycles. The van der Waals surface area contributed by atoms with Crippen molar-refractivity contribution in [1.82, 2.24) is 0 Å². The molecule has 0 spiro atoms. The Morgan fingerprint density at radius 3 is 2.54 bits per heavy atom. The Balaban J connectivity index is 2.68. The van der Waals surface area contributed by atoms with Gasteiger partial charge >= 0.3 is 0 Å². The van der Waals surface area contributed by atoms with Crippen LogP contribution < -0.4 is 0 Å². The smallest absolute Gasteiger partial charge is 0.0595 e. The van der Waals surface area contributed by atoms with Crippen molar-refractivity contribution in [2.45, 2.75) is 12.8 Å². The van der Waals surface area contributed by atoms with Crippen LogP contribution in [-0.2, 0) is 6.42 Å². The van der Waals surface area contributed by atoms with Crippen LogP contribution in [0, 0.1) is 0 Å². The quantitative estimate of drug-likeness (QED) is 0.743. The summed E-state index contributed by atoms with van der Waals surface area (Å²) in [4.78, 5) is 0. The van der Waals surface area contributed by atoms with Crippen LogP contribution in [0.5, 0.6) is 0 Å². The average molecular weight is 280 g/mol. The second-order valence-corrected chi connectivity index (χ2v) is 4.70. The Kier molecular flexibility index (Phi) is 4.30. The molecule has 0 amide bonds. The number of allylic oxidation sites excluding steroid dienone is 1. The molecule has 1 aromatic carbocycles. The maximum Gasteiger partial charge on any atom is 0.0595 e. The summed E-state index contributed by atoms with van der Waals surface area (Å²) in [7, 11) is 0. The lowest BCUT2D eigenvalue weighted by Crippen LogP contribution is -1.84. The molecule has 0 saturated carbocycles. The zero-order valence-electron chi connectivity index (χ0n) is 6.99. The van der Waals surface area contributed by atoms with Gasteiger partial charge in [-0.2, -0.15) is 0 Å². The fourth-order valence-electron chi connectivity index (χ4n) is 0.975. The third-order valence-corrected chi connectivity index (χ3v) is 2.80. The summed E-state index contributed by atoms with van der Waals surface area (Å²) < 4.78 is 0.999. The summed E-state index contributed by atoms with van der Waals surface area (Å²) in [5.74, 6) is 0. The summed E-state index contributed by atoms with van der Waals surface area (Å²) in [6.45, 7) is 3.77. The van der Waals surface area contributed by atoms with Gasteiger partial charge in [0.25, 0.3) is 0 Å². The van der Waals surface area contributed by atoms with Crippen molar-refractivity contribution in [3.05, 3.63) is 44.9 Å². The highest BCUT2D eigenvalue weighted by atomic mass is 79.9. The molecule has 0 unspecified atom stereocenters. The van der Waals surface area contributed by atoms with Gasteiger partial charge in [-0.3, -0.25) is 0 Å². The Morgan fingerprint density at radius 2 is 2.00 bits per heavy atom. The van der Waals surface area contributed by atoms with Crippen LogP contribution in [0.15, 0.2) is 29.3 Å². The average Bonchev–Trinajstić information content (AvgIpc) is 2.07. The molecule has 0 nitrogen and oxygen atoms in total. The lowest BCUT2D eigenvalue weighted by atomic mass is 10.1. The maximum absolute atomic E-state index is 5.86. The van der Waals surface area contributed by atoms with Crippen LogP contribution >= 0.6 is 39.1 Å². The van der Waals surface area contributed by atoms with E-state index in [1.807, 2.05) is 18.2 Å². The van der Waals surface area contributed by atoms with E-state index in [0.717, 1.165) is 17.3 Å². The lowest BCUT2D eigenvalue weighted by Gasteiger charge is -2.01. The number of halogens is 3. The van der Waals surface area contributed by atoms with Gasteiger partial charge in [0.1, 0.15) is 0 Å². The summed E-state index contributed by atoms with van der Waals surface area (Å²) in [5, 5.41) is 1.21. The van der Waals surface area contributed by atoms with Crippen LogP contribution in [0.4, 0.5) is 0 Å². The van der Waals surface area contributed by atoms with E-state index in [-0.39, 0.29) is 0 Å². The van der Waals surface area contributed by atoms with Gasteiger partial charge in [0.05, 0.1) is 10.0 Å². The first-order chi connectivity index (χ1) is 6.09. The molecule has 3 heteroatoms. The Labute approximate surface area is 96.7 Å². The number of hydrogen-bond acceptors (Lipinski definition) is 0. The van der Waals surface area contributed by atoms with Gasteiger partial charge in [-0.05, 0) is 35.0 Å². The van der Waals surface area contributed by atoms with E-state index < -0.39 is 0 Å². The summed E-state index contributed by atoms with van der Waals surface area (Å²) in [6, 6.07) is 5.68. The molecule has 1 aromatic rings. The van der Waals surface area contributed by atoms with Crippen molar-refractivity contribution in [2.24, 2.45) is 0 Å². The number of hydrogen-bond donors (Lipinski definition) is 0. The standard InChI is InChI=1S/C10H9BrCl2/c1-7(11)2-3-8-4-5-9(12)10(13)6-8/h4-6H,1-3H2. The molecular formula is C10H9BrCl2. The van der Waals surface area contributed by atoms with Gasteiger partial charge in [0, 0.05) is 0 Å². The highest BCUT2D eigenvalue weighted by molar-refractivity contribution is 9.11. The molecule has 0 atom stereocenters. The van der Waals surface area contributed by atoms with Gasteiger partial charge in [0.2, 0.25) is 0 Å². The topological polar surface area (TPSA) is 0 Å². The summed E-state index contributed by atoms with van der Waals surface area (Å²) in [5.41, 5.74) is 1.18. The predicted octanol–water partition coefficient (Wildman–Crippen LogP) is 4.83. The second-order valence-electron chi connectivity index (χ2n) is 2.77. The zero-order valence-corrected chi connectivity index (χ0v) is 10.1. The largest absolute Gasteiger partial charge is 0.0888 e. The maximum atomic E-state index is 5.86. The SMILES string of the molecule is C=C(Br)CCc1ccc(Cl)c(Cl)c1. The molecule has 0 aromatic heterocycles. The molecular weight excluding hydrogens is 271 g/mol. The Hall–Kier alpha value is 0.0200. The van der Waals surface area contributed by atoms with Crippen molar-refractivity contribution in [2.75, 3.05) is 0 Å². The van der Waals surface area contributed by atoms with Crippen LogP contribution in [-0.4, -0.2) is 0 Å². The fraction of sp³-hybridized carbons (Fsp3) is 0.200. The fourth-order valence-corrected chi connectivity index (χ4v) is 1.49. The first-order valence-electron chi connectivity index (χ1n) is 3.87. The highest BCUT2D eigenvalue weighted by Gasteiger charge is 1.99. The highest BCUT2D eigenvalue weighted by Crippen LogP contribution is 2.23. The molecule has 0 aliphatic heterocycles. The monoisotopic (exact) mass is 278 g/mol. The third-order valence-electron chi connectivity index (χ3n) is 1.67.